The van der Waals surface area contributed by atoms with Crippen molar-refractivity contribution < 1.29 is 28.7 Å². The largest absolute Gasteiger partial charge is 0.494 e. The molecular weight excluding hydrogens is 438 g/mol. The molecule has 0 unspecified atom stereocenters. The molecule has 3 amide bonds. The average Bonchev–Trinajstić information content (AvgIpc) is 3.18. The van der Waals surface area contributed by atoms with Crippen molar-refractivity contribution in [1.82, 2.24) is 10.9 Å². The maximum Gasteiger partial charge on any atom is 0.311 e. The molecule has 168 valence electrons. The van der Waals surface area contributed by atoms with E-state index in [0.717, 1.165) is 0 Å². The number of amides is 3. The number of rotatable bonds is 7. The number of nitrogens with zero attached hydrogens (tertiary/aromatic N) is 1. The molecule has 0 aliphatic carbocycles. The minimum absolute atomic E-state index is 0.0170. The summed E-state index contributed by atoms with van der Waals surface area (Å²) in [7, 11) is 0. The van der Waals surface area contributed by atoms with E-state index < -0.39 is 30.3 Å². The maximum absolute atomic E-state index is 12.3. The van der Waals surface area contributed by atoms with Crippen molar-refractivity contribution in [2.24, 2.45) is 5.92 Å². The first-order chi connectivity index (χ1) is 15.4. The zero-order valence-corrected chi connectivity index (χ0v) is 18.1. The monoisotopic (exact) mass is 459 g/mol. The molecule has 1 heterocycles. The van der Waals surface area contributed by atoms with Crippen molar-refractivity contribution in [3.8, 4) is 5.75 Å². The molecule has 0 aromatic heterocycles. The van der Waals surface area contributed by atoms with Gasteiger partial charge in [0.25, 0.3) is 11.8 Å². The van der Waals surface area contributed by atoms with E-state index in [-0.39, 0.29) is 29.5 Å². The smallest absolute Gasteiger partial charge is 0.311 e. The molecule has 9 nitrogen and oxygen atoms in total. The first-order valence-corrected chi connectivity index (χ1v) is 10.3. The Hall–Kier alpha value is -3.59. The zero-order chi connectivity index (χ0) is 23.1. The Balaban J connectivity index is 1.45. The highest BCUT2D eigenvalue weighted by atomic mass is 35.5. The van der Waals surface area contributed by atoms with Gasteiger partial charge in [-0.2, -0.15) is 0 Å². The molecule has 1 atom stereocenters. The van der Waals surface area contributed by atoms with Gasteiger partial charge in [-0.15, -0.1) is 0 Å². The van der Waals surface area contributed by atoms with Gasteiger partial charge in [0, 0.05) is 18.7 Å². The maximum atomic E-state index is 12.3. The summed E-state index contributed by atoms with van der Waals surface area (Å²) in [6.07, 6.45) is -0.0170. The number of halogens is 1. The summed E-state index contributed by atoms with van der Waals surface area (Å²) in [6, 6.07) is 13.3. The molecule has 0 saturated carbocycles. The van der Waals surface area contributed by atoms with Gasteiger partial charge < -0.3 is 14.4 Å². The molecule has 0 bridgehead atoms. The third kappa shape index (κ3) is 5.76. The Kier molecular flexibility index (Phi) is 7.67. The zero-order valence-electron chi connectivity index (χ0n) is 17.3. The number of carbonyl (C=O) groups is 4. The van der Waals surface area contributed by atoms with Crippen molar-refractivity contribution in [3.05, 3.63) is 59.1 Å². The van der Waals surface area contributed by atoms with Gasteiger partial charge in [-0.05, 0) is 43.3 Å². The summed E-state index contributed by atoms with van der Waals surface area (Å²) in [5.74, 6) is -2.23. The number of esters is 1. The van der Waals surface area contributed by atoms with Crippen molar-refractivity contribution in [3.63, 3.8) is 0 Å². The summed E-state index contributed by atoms with van der Waals surface area (Å²) in [4.78, 5) is 50.0. The van der Waals surface area contributed by atoms with E-state index >= 15 is 0 Å². The van der Waals surface area contributed by atoms with Crippen molar-refractivity contribution in [2.75, 3.05) is 24.7 Å². The van der Waals surface area contributed by atoms with Crippen molar-refractivity contribution in [1.29, 1.82) is 0 Å². The fraction of sp³-hybridized carbons (Fsp3) is 0.273. The number of hydrogen-bond acceptors (Lipinski definition) is 6. The van der Waals surface area contributed by atoms with Crippen LogP contribution in [0.15, 0.2) is 48.5 Å². The van der Waals surface area contributed by atoms with Gasteiger partial charge in [0.1, 0.15) is 5.75 Å². The molecule has 2 aromatic rings. The van der Waals surface area contributed by atoms with Gasteiger partial charge in [-0.1, -0.05) is 23.7 Å². The number of benzene rings is 2. The lowest BCUT2D eigenvalue weighted by atomic mass is 10.1. The van der Waals surface area contributed by atoms with Crippen molar-refractivity contribution >= 4 is 41.0 Å². The van der Waals surface area contributed by atoms with Crippen LogP contribution in [0.25, 0.3) is 0 Å². The highest BCUT2D eigenvalue weighted by molar-refractivity contribution is 6.33. The van der Waals surface area contributed by atoms with E-state index in [2.05, 4.69) is 10.9 Å². The van der Waals surface area contributed by atoms with Crippen LogP contribution in [-0.2, 0) is 19.1 Å². The molecule has 32 heavy (non-hydrogen) atoms. The van der Waals surface area contributed by atoms with Crippen LogP contribution < -0.4 is 20.5 Å². The van der Waals surface area contributed by atoms with Crippen LogP contribution in [0.3, 0.4) is 0 Å². The molecular formula is C22H22ClN3O6. The second-order valence-electron chi connectivity index (χ2n) is 6.92. The van der Waals surface area contributed by atoms with Crippen molar-refractivity contribution in [2.45, 2.75) is 13.3 Å². The minimum atomic E-state index is -0.730. The fourth-order valence-electron chi connectivity index (χ4n) is 3.13. The van der Waals surface area contributed by atoms with Crippen LogP contribution in [0.5, 0.6) is 5.75 Å². The van der Waals surface area contributed by atoms with E-state index in [1.165, 1.54) is 11.0 Å². The Labute approximate surface area is 189 Å². The van der Waals surface area contributed by atoms with E-state index in [4.69, 9.17) is 21.1 Å². The quantitative estimate of drug-likeness (QED) is 0.484. The lowest BCUT2D eigenvalue weighted by Gasteiger charge is -2.17. The number of carbonyl (C=O) groups excluding carboxylic acids is 4. The fourth-order valence-corrected chi connectivity index (χ4v) is 3.36. The summed E-state index contributed by atoms with van der Waals surface area (Å²) in [6.45, 7) is 1.96. The molecule has 1 aliphatic rings. The molecule has 3 rings (SSSR count). The summed E-state index contributed by atoms with van der Waals surface area (Å²) in [5, 5.41) is 0.230. The van der Waals surface area contributed by atoms with Crippen LogP contribution in [0.1, 0.15) is 23.7 Å². The van der Waals surface area contributed by atoms with Gasteiger partial charge in [0.2, 0.25) is 5.91 Å². The standard InChI is InChI=1S/C22H22ClN3O6/c1-2-31-16-9-7-15(8-10-16)26-12-14(11-20(26)28)22(30)32-13-19(27)24-25-21(29)17-5-3-4-6-18(17)23/h3-10,14H,2,11-13H2,1H3,(H,24,27)(H,25,29)/t14-/m1/s1. The van der Waals surface area contributed by atoms with Gasteiger partial charge >= 0.3 is 5.97 Å². The van der Waals surface area contributed by atoms with E-state index in [1.807, 2.05) is 6.92 Å². The molecule has 1 fully saturated rings. The lowest BCUT2D eigenvalue weighted by Crippen LogP contribution is -2.44. The minimum Gasteiger partial charge on any atom is -0.494 e. The number of hydrazine groups is 1. The van der Waals surface area contributed by atoms with Crippen LogP contribution in [0.2, 0.25) is 5.02 Å². The van der Waals surface area contributed by atoms with Crippen LogP contribution in [0, 0.1) is 5.92 Å². The van der Waals surface area contributed by atoms with Gasteiger partial charge in [-0.3, -0.25) is 30.0 Å². The van der Waals surface area contributed by atoms with Crippen LogP contribution in [-0.4, -0.2) is 43.4 Å². The predicted octanol–water partition coefficient (Wildman–Crippen LogP) is 2.10. The highest BCUT2D eigenvalue weighted by Crippen LogP contribution is 2.27. The van der Waals surface area contributed by atoms with Gasteiger partial charge in [-0.25, -0.2) is 0 Å². The topological polar surface area (TPSA) is 114 Å². The summed E-state index contributed by atoms with van der Waals surface area (Å²) < 4.78 is 10.4. The highest BCUT2D eigenvalue weighted by Gasteiger charge is 2.36. The predicted molar refractivity (Wildman–Crippen MR) is 116 cm³/mol. The summed E-state index contributed by atoms with van der Waals surface area (Å²) in [5.41, 5.74) is 5.18. The van der Waals surface area contributed by atoms with E-state index in [0.29, 0.717) is 18.0 Å². The van der Waals surface area contributed by atoms with E-state index in [9.17, 15) is 19.2 Å². The molecule has 0 radical (unpaired) electrons. The first kappa shape index (κ1) is 23.1. The number of anilines is 1. The molecule has 1 saturated heterocycles. The molecule has 10 heteroatoms. The Morgan fingerprint density at radius 1 is 1.09 bits per heavy atom. The molecule has 1 aliphatic heterocycles. The Morgan fingerprint density at radius 3 is 2.50 bits per heavy atom. The number of hydrogen-bond donors (Lipinski definition) is 2. The second kappa shape index (κ2) is 10.6. The SMILES string of the molecule is CCOc1ccc(N2C[C@H](C(=O)OCC(=O)NNC(=O)c3ccccc3Cl)CC2=O)cc1. The lowest BCUT2D eigenvalue weighted by molar-refractivity contribution is -0.152. The number of nitrogens with one attached hydrogen (secondary N) is 2. The van der Waals surface area contributed by atoms with Crippen LogP contribution >= 0.6 is 11.6 Å². The molecule has 0 spiro atoms. The molecule has 2 aromatic carbocycles. The van der Waals surface area contributed by atoms with Gasteiger partial charge in [0.05, 0.1) is 23.1 Å². The first-order valence-electron chi connectivity index (χ1n) is 9.92. The third-order valence-electron chi connectivity index (χ3n) is 4.70. The van der Waals surface area contributed by atoms with Crippen LogP contribution in [0.4, 0.5) is 5.69 Å². The van der Waals surface area contributed by atoms with Gasteiger partial charge in [0.15, 0.2) is 6.61 Å². The number of ether oxygens (including phenoxy) is 2. The average molecular weight is 460 g/mol. The second-order valence-corrected chi connectivity index (χ2v) is 7.33. The summed E-state index contributed by atoms with van der Waals surface area (Å²) >= 11 is 5.92. The normalized spacial score (nSPS) is 15.2. The Bertz CT molecular complexity index is 1010. The van der Waals surface area contributed by atoms with E-state index in [1.54, 1.807) is 42.5 Å². The Morgan fingerprint density at radius 2 is 1.81 bits per heavy atom. The molecule has 2 N–H and O–H groups in total. The third-order valence-corrected chi connectivity index (χ3v) is 5.03.